The van der Waals surface area contributed by atoms with Gasteiger partial charge in [0.1, 0.15) is 0 Å². The molecule has 0 aliphatic heterocycles. The second kappa shape index (κ2) is 16.9. The van der Waals surface area contributed by atoms with E-state index in [1.807, 2.05) is 0 Å². The number of hydrogen-bond acceptors (Lipinski definition) is 2. The van der Waals surface area contributed by atoms with E-state index in [2.05, 4.69) is 0 Å². The van der Waals surface area contributed by atoms with Gasteiger partial charge >= 0.3 is 0 Å². The van der Waals surface area contributed by atoms with Crippen LogP contribution in [0.5, 0.6) is 0 Å². The summed E-state index contributed by atoms with van der Waals surface area (Å²) in [6.07, 6.45) is 1.50. The molecule has 0 radical (unpaired) electrons. The molecule has 0 unspecified atom stereocenters. The van der Waals surface area contributed by atoms with Crippen molar-refractivity contribution in [3.63, 3.8) is 0 Å². The first-order valence-electron chi connectivity index (χ1n) is 2.78. The molecule has 12 heavy (non-hydrogen) atoms. The Kier molecular flexibility index (Phi) is 31.7. The largest absolute Gasteiger partial charge is 0.351 e. The molecule has 0 aromatic rings. The van der Waals surface area contributed by atoms with Gasteiger partial charge in [-0.2, -0.15) is 0 Å². The third-order valence-corrected chi connectivity index (χ3v) is 0.422. The Hall–Kier alpha value is -0.480. The van der Waals surface area contributed by atoms with Crippen LogP contribution < -0.4 is 0 Å². The van der Waals surface area contributed by atoms with Gasteiger partial charge in [-0.3, -0.25) is 9.59 Å². The Bertz CT molecular complexity index is 87.5. The zero-order chi connectivity index (χ0) is 8.57. The lowest BCUT2D eigenvalue weighted by atomic mass is 11.0. The lowest BCUT2D eigenvalue weighted by molar-refractivity contribution is -0.116. The van der Waals surface area contributed by atoms with Crippen molar-refractivity contribution in [2.45, 2.75) is 0 Å². The van der Waals surface area contributed by atoms with E-state index >= 15 is 0 Å². The molecule has 76 valence electrons. The minimum Gasteiger partial charge on any atom is -0.351 e. The molecule has 0 N–H and O–H groups in total. The summed E-state index contributed by atoms with van der Waals surface area (Å²) in [7, 11) is 6.75. The van der Waals surface area contributed by atoms with E-state index in [-0.39, 0.29) is 24.8 Å². The number of halogens is 2. The van der Waals surface area contributed by atoms with Gasteiger partial charge in [0.05, 0.1) is 0 Å². The van der Waals surface area contributed by atoms with Crippen LogP contribution in [0, 0.1) is 0 Å². The SMILES string of the molecule is CN(C)C=O.CN(C)C=O.Cl.Cl. The molecule has 2 amide bonds. The maximum Gasteiger partial charge on any atom is 0.209 e. The number of amides is 2. The third-order valence-electron chi connectivity index (χ3n) is 0.422. The topological polar surface area (TPSA) is 40.6 Å². The maximum absolute atomic E-state index is 9.43. The Balaban J connectivity index is -0.0000000457. The summed E-state index contributed by atoms with van der Waals surface area (Å²) in [5.41, 5.74) is 0. The fourth-order valence-electron chi connectivity index (χ4n) is 0. The van der Waals surface area contributed by atoms with Crippen molar-refractivity contribution >= 4 is 37.6 Å². The van der Waals surface area contributed by atoms with Gasteiger partial charge in [0.25, 0.3) is 0 Å². The van der Waals surface area contributed by atoms with Crippen LogP contribution in [0.4, 0.5) is 0 Å². The van der Waals surface area contributed by atoms with E-state index in [1.54, 1.807) is 28.2 Å². The number of nitrogens with zero attached hydrogens (tertiary/aromatic N) is 2. The van der Waals surface area contributed by atoms with Crippen molar-refractivity contribution in [2.24, 2.45) is 0 Å². The molecule has 0 saturated heterocycles. The quantitative estimate of drug-likeness (QED) is 0.625. The molecule has 0 atom stereocenters. The molecule has 0 aromatic heterocycles. The first-order valence-corrected chi connectivity index (χ1v) is 2.78. The van der Waals surface area contributed by atoms with Crippen molar-refractivity contribution in [1.82, 2.24) is 9.80 Å². The highest BCUT2D eigenvalue weighted by Gasteiger charge is 1.68. The van der Waals surface area contributed by atoms with Crippen molar-refractivity contribution in [2.75, 3.05) is 28.2 Å². The Morgan fingerprint density at radius 2 is 0.833 bits per heavy atom. The van der Waals surface area contributed by atoms with E-state index in [1.165, 1.54) is 9.80 Å². The fourth-order valence-corrected chi connectivity index (χ4v) is 0. The number of carbonyl (C=O) groups excluding carboxylic acids is 2. The minimum atomic E-state index is 0. The maximum atomic E-state index is 9.43. The average molecular weight is 219 g/mol. The molecule has 0 spiro atoms. The highest BCUT2D eigenvalue weighted by molar-refractivity contribution is 5.85. The van der Waals surface area contributed by atoms with Crippen molar-refractivity contribution in [1.29, 1.82) is 0 Å². The number of hydrogen-bond donors (Lipinski definition) is 0. The monoisotopic (exact) mass is 218 g/mol. The summed E-state index contributed by atoms with van der Waals surface area (Å²) in [5.74, 6) is 0. The van der Waals surface area contributed by atoms with Gasteiger partial charge in [-0.25, -0.2) is 0 Å². The Labute approximate surface area is 85.7 Å². The molecule has 0 heterocycles. The van der Waals surface area contributed by atoms with Crippen LogP contribution in [0.1, 0.15) is 0 Å². The van der Waals surface area contributed by atoms with E-state index in [9.17, 15) is 9.59 Å². The molecule has 6 heteroatoms. The molecule has 0 fully saturated rings. The van der Waals surface area contributed by atoms with E-state index < -0.39 is 0 Å². The predicted octanol–water partition coefficient (Wildman–Crippen LogP) is 0.252. The van der Waals surface area contributed by atoms with Crippen LogP contribution >= 0.6 is 24.8 Å². The second-order valence-corrected chi connectivity index (χ2v) is 2.14. The third kappa shape index (κ3) is 55.8. The van der Waals surface area contributed by atoms with E-state index in [0.717, 1.165) is 12.8 Å². The average Bonchev–Trinajstić information content (AvgIpc) is 1.89. The van der Waals surface area contributed by atoms with Gasteiger partial charge in [0.15, 0.2) is 0 Å². The highest BCUT2D eigenvalue weighted by Crippen LogP contribution is 1.52. The molecule has 4 nitrogen and oxygen atoms in total. The molecule has 0 aliphatic carbocycles. The molecule has 0 aliphatic rings. The summed E-state index contributed by atoms with van der Waals surface area (Å²) >= 11 is 0. The van der Waals surface area contributed by atoms with E-state index in [4.69, 9.17) is 0 Å². The number of rotatable bonds is 2. The van der Waals surface area contributed by atoms with Gasteiger partial charge < -0.3 is 9.80 Å². The van der Waals surface area contributed by atoms with Crippen molar-refractivity contribution in [3.05, 3.63) is 0 Å². The van der Waals surface area contributed by atoms with Gasteiger partial charge in [0.2, 0.25) is 12.8 Å². The van der Waals surface area contributed by atoms with Crippen LogP contribution in [0.3, 0.4) is 0 Å². The predicted molar refractivity (Wildman–Crippen MR) is 54.0 cm³/mol. The Morgan fingerprint density at radius 1 is 0.750 bits per heavy atom. The summed E-state index contributed by atoms with van der Waals surface area (Å²) in [6.45, 7) is 0. The highest BCUT2D eigenvalue weighted by atomic mass is 35.5. The summed E-state index contributed by atoms with van der Waals surface area (Å²) in [5, 5.41) is 0. The summed E-state index contributed by atoms with van der Waals surface area (Å²) in [4.78, 5) is 21.8. The Morgan fingerprint density at radius 3 is 0.833 bits per heavy atom. The van der Waals surface area contributed by atoms with Crippen LogP contribution in [0.15, 0.2) is 0 Å². The fraction of sp³-hybridized carbons (Fsp3) is 0.667. The smallest absolute Gasteiger partial charge is 0.209 e. The second-order valence-electron chi connectivity index (χ2n) is 2.14. The minimum absolute atomic E-state index is 0. The molecular formula is C6H16Cl2N2O2. The first-order chi connectivity index (χ1) is 4.54. The van der Waals surface area contributed by atoms with Gasteiger partial charge in [0, 0.05) is 28.2 Å². The van der Waals surface area contributed by atoms with Crippen LogP contribution in [0.25, 0.3) is 0 Å². The standard InChI is InChI=1S/2C3H7NO.2ClH/c2*1-4(2)3-5;;/h2*3H,1-2H3;2*1H. The van der Waals surface area contributed by atoms with Crippen LogP contribution in [-0.4, -0.2) is 50.8 Å². The van der Waals surface area contributed by atoms with Crippen LogP contribution in [0.2, 0.25) is 0 Å². The lowest BCUT2D eigenvalue weighted by Crippen LogP contribution is -2.06. The van der Waals surface area contributed by atoms with Crippen molar-refractivity contribution in [3.8, 4) is 0 Å². The van der Waals surface area contributed by atoms with Gasteiger partial charge in [-0.1, -0.05) is 0 Å². The lowest BCUT2D eigenvalue weighted by Gasteiger charge is -1.93. The van der Waals surface area contributed by atoms with Gasteiger partial charge in [-0.15, -0.1) is 24.8 Å². The zero-order valence-corrected chi connectivity index (χ0v) is 9.32. The molecule has 0 saturated carbocycles. The van der Waals surface area contributed by atoms with Crippen LogP contribution in [-0.2, 0) is 9.59 Å². The van der Waals surface area contributed by atoms with Gasteiger partial charge in [-0.05, 0) is 0 Å². The molecule has 0 rings (SSSR count). The van der Waals surface area contributed by atoms with Crippen molar-refractivity contribution < 1.29 is 9.59 Å². The summed E-state index contributed by atoms with van der Waals surface area (Å²) in [6, 6.07) is 0. The number of carbonyl (C=O) groups is 2. The first kappa shape index (κ1) is 22.5. The molecule has 0 bridgehead atoms. The molecular weight excluding hydrogens is 203 g/mol. The zero-order valence-electron chi connectivity index (χ0n) is 7.68. The normalized spacial score (nSPS) is 5.67. The van der Waals surface area contributed by atoms with E-state index in [0.29, 0.717) is 0 Å². The molecule has 0 aromatic carbocycles. The summed E-state index contributed by atoms with van der Waals surface area (Å²) < 4.78 is 0.